The molecule has 0 saturated carbocycles. The van der Waals surface area contributed by atoms with Crippen LogP contribution < -0.4 is 19.5 Å². The number of nitrogens with two attached hydrogens (primary N) is 1. The second-order valence-corrected chi connectivity index (χ2v) is 8.05. The van der Waals surface area contributed by atoms with Gasteiger partial charge >= 0.3 is 0 Å². The molecule has 0 atom stereocenters. The van der Waals surface area contributed by atoms with Crippen LogP contribution in [0.5, 0.6) is 11.5 Å². The molecule has 0 radical (unpaired) electrons. The van der Waals surface area contributed by atoms with Crippen LogP contribution in [0.3, 0.4) is 0 Å². The first-order valence-electron chi connectivity index (χ1n) is 8.37. The van der Waals surface area contributed by atoms with Crippen LogP contribution in [0.2, 0.25) is 0 Å². The van der Waals surface area contributed by atoms with Gasteiger partial charge in [-0.05, 0) is 42.7 Å². The molecule has 2 N–H and O–H groups in total. The largest absolute Gasteiger partial charge is 0.490 e. The third-order valence-corrected chi connectivity index (χ3v) is 6.36. The highest BCUT2D eigenvalue weighted by Gasteiger charge is 2.30. The second kappa shape index (κ2) is 6.15. The number of sulfonamides is 1. The molecule has 25 heavy (non-hydrogen) atoms. The molecule has 0 spiro atoms. The van der Waals surface area contributed by atoms with E-state index in [2.05, 4.69) is 0 Å². The minimum Gasteiger partial charge on any atom is -0.490 e. The first-order valence-corrected chi connectivity index (χ1v) is 9.81. The van der Waals surface area contributed by atoms with Gasteiger partial charge in [0.05, 0.1) is 23.8 Å². The number of ether oxygens (including phenoxy) is 2. The lowest BCUT2D eigenvalue weighted by atomic mass is 10.0. The molecule has 0 fully saturated rings. The van der Waals surface area contributed by atoms with E-state index in [0.29, 0.717) is 42.6 Å². The Morgan fingerprint density at radius 3 is 2.64 bits per heavy atom. The zero-order chi connectivity index (χ0) is 17.4. The number of hydrogen-bond acceptors (Lipinski definition) is 5. The summed E-state index contributed by atoms with van der Waals surface area (Å²) in [5.74, 6) is 1.06. The van der Waals surface area contributed by atoms with Gasteiger partial charge in [0.25, 0.3) is 10.0 Å². The highest BCUT2D eigenvalue weighted by Crippen LogP contribution is 2.37. The Morgan fingerprint density at radius 2 is 1.80 bits per heavy atom. The van der Waals surface area contributed by atoms with E-state index in [0.717, 1.165) is 24.8 Å². The standard InChI is InChI=1S/C18H20N2O4S/c19-15-5-1-6-16-14(15)4-2-9-20(16)25(21,22)13-7-8-17-18(12-13)24-11-3-10-23-17/h1,5-8,12H,2-4,9-11,19H2. The lowest BCUT2D eigenvalue weighted by molar-refractivity contribution is 0.297. The molecule has 0 saturated heterocycles. The summed E-state index contributed by atoms with van der Waals surface area (Å²) in [5, 5.41) is 0. The Labute approximate surface area is 147 Å². The van der Waals surface area contributed by atoms with Gasteiger partial charge in [-0.1, -0.05) is 6.07 Å². The van der Waals surface area contributed by atoms with Crippen molar-refractivity contribution in [2.24, 2.45) is 0 Å². The van der Waals surface area contributed by atoms with Crippen molar-refractivity contribution in [3.8, 4) is 11.5 Å². The molecule has 0 bridgehead atoms. The summed E-state index contributed by atoms with van der Waals surface area (Å²) in [4.78, 5) is 0.201. The molecule has 0 aromatic heterocycles. The zero-order valence-electron chi connectivity index (χ0n) is 13.8. The summed E-state index contributed by atoms with van der Waals surface area (Å²) in [6.45, 7) is 1.52. The fourth-order valence-electron chi connectivity index (χ4n) is 3.30. The van der Waals surface area contributed by atoms with E-state index in [1.807, 2.05) is 12.1 Å². The molecule has 0 aliphatic carbocycles. The minimum absolute atomic E-state index is 0.201. The third-order valence-electron chi connectivity index (χ3n) is 4.55. The molecule has 0 amide bonds. The average Bonchev–Trinajstić information content (AvgIpc) is 2.86. The summed E-state index contributed by atoms with van der Waals surface area (Å²) < 4.78 is 39.1. The molecule has 2 aromatic rings. The summed E-state index contributed by atoms with van der Waals surface area (Å²) in [5.41, 5.74) is 8.23. The van der Waals surface area contributed by atoms with Gasteiger partial charge in [0.15, 0.2) is 11.5 Å². The first kappa shape index (κ1) is 16.1. The van der Waals surface area contributed by atoms with Crippen LogP contribution >= 0.6 is 0 Å². The van der Waals surface area contributed by atoms with Gasteiger partial charge in [-0.15, -0.1) is 0 Å². The maximum absolute atomic E-state index is 13.2. The predicted octanol–water partition coefficient (Wildman–Crippen LogP) is 2.57. The minimum atomic E-state index is -3.70. The maximum atomic E-state index is 13.2. The number of anilines is 2. The quantitative estimate of drug-likeness (QED) is 0.833. The second-order valence-electron chi connectivity index (χ2n) is 6.18. The Bertz CT molecular complexity index is 911. The van der Waals surface area contributed by atoms with Crippen molar-refractivity contribution >= 4 is 21.4 Å². The summed E-state index contributed by atoms with van der Waals surface area (Å²) in [6, 6.07) is 10.2. The number of benzene rings is 2. The van der Waals surface area contributed by atoms with Crippen LogP contribution in [0.4, 0.5) is 11.4 Å². The molecule has 2 aliphatic heterocycles. The van der Waals surface area contributed by atoms with Crippen molar-refractivity contribution < 1.29 is 17.9 Å². The SMILES string of the molecule is Nc1cccc2c1CCCN2S(=O)(=O)c1ccc2c(c1)OCCCO2. The van der Waals surface area contributed by atoms with E-state index in [9.17, 15) is 8.42 Å². The fourth-order valence-corrected chi connectivity index (χ4v) is 4.85. The fraction of sp³-hybridized carbons (Fsp3) is 0.333. The molecule has 7 heteroatoms. The van der Waals surface area contributed by atoms with Gasteiger partial charge in [0.2, 0.25) is 0 Å². The van der Waals surface area contributed by atoms with E-state index >= 15 is 0 Å². The lowest BCUT2D eigenvalue weighted by Gasteiger charge is -2.31. The van der Waals surface area contributed by atoms with Crippen molar-refractivity contribution in [1.82, 2.24) is 0 Å². The van der Waals surface area contributed by atoms with Gasteiger partial charge in [-0.25, -0.2) is 8.42 Å². The van der Waals surface area contributed by atoms with Gasteiger partial charge in [-0.3, -0.25) is 4.31 Å². The number of rotatable bonds is 2. The Balaban J connectivity index is 1.76. The van der Waals surface area contributed by atoms with Crippen molar-refractivity contribution in [2.45, 2.75) is 24.2 Å². The summed E-state index contributed by atoms with van der Waals surface area (Å²) in [6.07, 6.45) is 2.30. The summed E-state index contributed by atoms with van der Waals surface area (Å²) >= 11 is 0. The van der Waals surface area contributed by atoms with Crippen molar-refractivity contribution in [3.63, 3.8) is 0 Å². The van der Waals surface area contributed by atoms with Gasteiger partial charge in [-0.2, -0.15) is 0 Å². The first-order chi connectivity index (χ1) is 12.1. The number of fused-ring (bicyclic) bond motifs is 2. The molecular formula is C18H20N2O4S. The molecule has 2 heterocycles. The van der Waals surface area contributed by atoms with Crippen molar-refractivity contribution in [3.05, 3.63) is 42.0 Å². The van der Waals surface area contributed by atoms with Crippen molar-refractivity contribution in [2.75, 3.05) is 29.8 Å². The molecular weight excluding hydrogens is 340 g/mol. The normalized spacial score (nSPS) is 16.9. The summed E-state index contributed by atoms with van der Waals surface area (Å²) in [7, 11) is -3.70. The van der Waals surface area contributed by atoms with E-state index < -0.39 is 10.0 Å². The molecule has 0 unspecified atom stereocenters. The molecule has 4 rings (SSSR count). The maximum Gasteiger partial charge on any atom is 0.264 e. The van der Waals surface area contributed by atoms with Crippen LogP contribution in [-0.4, -0.2) is 28.2 Å². The van der Waals surface area contributed by atoms with E-state index in [-0.39, 0.29) is 4.90 Å². The Kier molecular flexibility index (Phi) is 3.95. The zero-order valence-corrected chi connectivity index (χ0v) is 14.6. The number of hydrogen-bond donors (Lipinski definition) is 1. The number of nitrogen functional groups attached to an aromatic ring is 1. The molecule has 132 valence electrons. The highest BCUT2D eigenvalue weighted by molar-refractivity contribution is 7.92. The smallest absolute Gasteiger partial charge is 0.264 e. The predicted molar refractivity (Wildman–Crippen MR) is 95.8 cm³/mol. The number of nitrogens with zero attached hydrogens (tertiary/aromatic N) is 1. The lowest BCUT2D eigenvalue weighted by Crippen LogP contribution is -2.35. The van der Waals surface area contributed by atoms with Gasteiger partial charge in [0, 0.05) is 24.7 Å². The van der Waals surface area contributed by atoms with Gasteiger partial charge in [0.1, 0.15) is 0 Å². The van der Waals surface area contributed by atoms with Gasteiger partial charge < -0.3 is 15.2 Å². The Hall–Kier alpha value is -2.41. The van der Waals surface area contributed by atoms with Crippen LogP contribution in [-0.2, 0) is 16.4 Å². The third kappa shape index (κ3) is 2.78. The molecule has 2 aromatic carbocycles. The molecule has 6 nitrogen and oxygen atoms in total. The van der Waals surface area contributed by atoms with E-state index in [1.165, 1.54) is 4.31 Å². The van der Waals surface area contributed by atoms with Crippen molar-refractivity contribution in [1.29, 1.82) is 0 Å². The average molecular weight is 360 g/mol. The topological polar surface area (TPSA) is 81.9 Å². The van der Waals surface area contributed by atoms with Crippen LogP contribution in [0.15, 0.2) is 41.3 Å². The van der Waals surface area contributed by atoms with Crippen LogP contribution in [0.25, 0.3) is 0 Å². The monoisotopic (exact) mass is 360 g/mol. The van der Waals surface area contributed by atoms with Crippen LogP contribution in [0, 0.1) is 0 Å². The van der Waals surface area contributed by atoms with Crippen LogP contribution in [0.1, 0.15) is 18.4 Å². The highest BCUT2D eigenvalue weighted by atomic mass is 32.2. The van der Waals surface area contributed by atoms with E-state index in [4.69, 9.17) is 15.2 Å². The van der Waals surface area contributed by atoms with E-state index in [1.54, 1.807) is 24.3 Å². The Morgan fingerprint density at radius 1 is 1.00 bits per heavy atom. The molecule has 2 aliphatic rings.